The monoisotopic (exact) mass is 430 g/mol. The van der Waals surface area contributed by atoms with Crippen molar-refractivity contribution in [3.63, 3.8) is 0 Å². The van der Waals surface area contributed by atoms with E-state index in [2.05, 4.69) is 15.1 Å². The molecule has 0 spiro atoms. The molecule has 3 aromatic rings. The minimum absolute atomic E-state index is 0.0476. The molecule has 4 rings (SSSR count). The van der Waals surface area contributed by atoms with Crippen LogP contribution in [0.3, 0.4) is 0 Å². The van der Waals surface area contributed by atoms with Crippen LogP contribution < -0.4 is 10.2 Å². The molecule has 8 heteroatoms. The Labute approximate surface area is 177 Å². The summed E-state index contributed by atoms with van der Waals surface area (Å²) >= 11 is 7.54. The van der Waals surface area contributed by atoms with Crippen LogP contribution in [-0.4, -0.2) is 48.5 Å². The van der Waals surface area contributed by atoms with Gasteiger partial charge in [-0.3, -0.25) is 9.69 Å². The predicted molar refractivity (Wildman–Crippen MR) is 116 cm³/mol. The summed E-state index contributed by atoms with van der Waals surface area (Å²) in [5, 5.41) is 6.42. The van der Waals surface area contributed by atoms with Crippen molar-refractivity contribution < 1.29 is 9.18 Å². The fourth-order valence-electron chi connectivity index (χ4n) is 3.23. The Morgan fingerprint density at radius 1 is 1.14 bits per heavy atom. The lowest BCUT2D eigenvalue weighted by Crippen LogP contribution is -2.48. The molecule has 2 heterocycles. The van der Waals surface area contributed by atoms with Crippen LogP contribution in [0, 0.1) is 5.82 Å². The molecular formula is C21H20ClFN4OS. The summed E-state index contributed by atoms with van der Waals surface area (Å²) in [4.78, 5) is 21.3. The van der Waals surface area contributed by atoms with Crippen molar-refractivity contribution in [1.82, 2.24) is 9.88 Å². The Morgan fingerprint density at radius 3 is 2.62 bits per heavy atom. The van der Waals surface area contributed by atoms with Gasteiger partial charge in [-0.1, -0.05) is 17.7 Å². The van der Waals surface area contributed by atoms with Crippen LogP contribution in [0.5, 0.6) is 0 Å². The van der Waals surface area contributed by atoms with E-state index in [1.165, 1.54) is 12.1 Å². The van der Waals surface area contributed by atoms with E-state index in [0.29, 0.717) is 17.3 Å². The minimum atomic E-state index is -0.250. The second kappa shape index (κ2) is 8.90. The molecule has 1 fully saturated rings. The average Bonchev–Trinajstić information content (AvgIpc) is 3.19. The minimum Gasteiger partial charge on any atom is -0.346 e. The Kier molecular flexibility index (Phi) is 6.08. The lowest BCUT2D eigenvalue weighted by molar-refractivity contribution is -0.117. The maximum absolute atomic E-state index is 13.1. The number of anilines is 2. The van der Waals surface area contributed by atoms with E-state index < -0.39 is 0 Å². The van der Waals surface area contributed by atoms with Gasteiger partial charge in [-0.25, -0.2) is 9.37 Å². The lowest BCUT2D eigenvalue weighted by atomic mass is 10.2. The first-order chi connectivity index (χ1) is 14.1. The Hall–Kier alpha value is -2.48. The summed E-state index contributed by atoms with van der Waals surface area (Å²) in [6.45, 7) is 3.53. The van der Waals surface area contributed by atoms with E-state index in [1.807, 2.05) is 17.5 Å². The molecule has 1 N–H and O–H groups in total. The van der Waals surface area contributed by atoms with Gasteiger partial charge in [-0.15, -0.1) is 11.3 Å². The summed E-state index contributed by atoms with van der Waals surface area (Å²) in [5.74, 6) is -0.298. The third-order valence-corrected chi connectivity index (χ3v) is 5.89. The fraction of sp³-hybridized carbons (Fsp3) is 0.238. The Morgan fingerprint density at radius 2 is 1.90 bits per heavy atom. The molecule has 1 aromatic heterocycles. The highest BCUT2D eigenvalue weighted by Crippen LogP contribution is 2.28. The van der Waals surface area contributed by atoms with E-state index in [9.17, 15) is 9.18 Å². The van der Waals surface area contributed by atoms with E-state index in [0.717, 1.165) is 42.6 Å². The molecule has 0 unspecified atom stereocenters. The topological polar surface area (TPSA) is 48.5 Å². The number of hydrogen-bond acceptors (Lipinski definition) is 5. The van der Waals surface area contributed by atoms with Gasteiger partial charge >= 0.3 is 0 Å². The van der Waals surface area contributed by atoms with Gasteiger partial charge in [-0.2, -0.15) is 0 Å². The van der Waals surface area contributed by atoms with Gasteiger partial charge in [0.2, 0.25) is 5.91 Å². The molecule has 1 aliphatic rings. The molecule has 0 radical (unpaired) electrons. The molecule has 0 atom stereocenters. The molecular weight excluding hydrogens is 411 g/mol. The molecule has 0 saturated carbocycles. The standard InChI is InChI=1S/C21H20ClFN4OS/c22-16-2-1-3-18(12-16)24-20(28)13-26-8-10-27(11-9-26)21-25-19(14-29-21)15-4-6-17(23)7-5-15/h1-7,12,14H,8-11,13H2,(H,24,28). The van der Waals surface area contributed by atoms with Gasteiger partial charge in [0.15, 0.2) is 5.13 Å². The van der Waals surface area contributed by atoms with Crippen molar-refractivity contribution in [2.45, 2.75) is 0 Å². The maximum atomic E-state index is 13.1. The summed E-state index contributed by atoms with van der Waals surface area (Å²) in [6.07, 6.45) is 0. The smallest absolute Gasteiger partial charge is 0.238 e. The molecule has 2 aromatic carbocycles. The highest BCUT2D eigenvalue weighted by molar-refractivity contribution is 7.14. The number of thiazole rings is 1. The number of nitrogens with one attached hydrogen (secondary N) is 1. The van der Waals surface area contributed by atoms with Crippen molar-refractivity contribution in [3.05, 3.63) is 64.8 Å². The predicted octanol–water partition coefficient (Wildman–Crippen LogP) is 4.36. The number of hydrogen-bond donors (Lipinski definition) is 1. The van der Waals surface area contributed by atoms with Crippen LogP contribution in [0.1, 0.15) is 0 Å². The zero-order valence-electron chi connectivity index (χ0n) is 15.6. The van der Waals surface area contributed by atoms with Crippen molar-refractivity contribution in [2.75, 3.05) is 42.9 Å². The summed E-state index contributed by atoms with van der Waals surface area (Å²) < 4.78 is 13.1. The zero-order valence-corrected chi connectivity index (χ0v) is 17.2. The number of piperazine rings is 1. The first kappa shape index (κ1) is 19.8. The quantitative estimate of drug-likeness (QED) is 0.653. The molecule has 150 valence electrons. The number of halogens is 2. The molecule has 5 nitrogen and oxygen atoms in total. The number of aromatic nitrogens is 1. The third-order valence-electron chi connectivity index (χ3n) is 4.75. The zero-order chi connectivity index (χ0) is 20.2. The SMILES string of the molecule is O=C(CN1CCN(c2nc(-c3ccc(F)cc3)cs2)CC1)Nc1cccc(Cl)c1. The van der Waals surface area contributed by atoms with Crippen LogP contribution in [0.2, 0.25) is 5.02 Å². The van der Waals surface area contributed by atoms with Crippen LogP contribution in [0.4, 0.5) is 15.2 Å². The van der Waals surface area contributed by atoms with E-state index in [4.69, 9.17) is 16.6 Å². The average molecular weight is 431 g/mol. The van der Waals surface area contributed by atoms with Crippen LogP contribution in [0.25, 0.3) is 11.3 Å². The fourth-order valence-corrected chi connectivity index (χ4v) is 4.31. The van der Waals surface area contributed by atoms with E-state index in [-0.39, 0.29) is 11.7 Å². The highest BCUT2D eigenvalue weighted by Gasteiger charge is 2.21. The van der Waals surface area contributed by atoms with Crippen molar-refractivity contribution in [3.8, 4) is 11.3 Å². The molecule has 1 aliphatic heterocycles. The molecule has 0 bridgehead atoms. The molecule has 1 saturated heterocycles. The number of carbonyl (C=O) groups is 1. The van der Waals surface area contributed by atoms with Gasteiger partial charge in [0.25, 0.3) is 0 Å². The first-order valence-electron chi connectivity index (χ1n) is 9.31. The third kappa shape index (κ3) is 5.12. The number of rotatable bonds is 5. The number of amides is 1. The van der Waals surface area contributed by atoms with E-state index >= 15 is 0 Å². The number of carbonyl (C=O) groups excluding carboxylic acids is 1. The number of benzene rings is 2. The largest absolute Gasteiger partial charge is 0.346 e. The lowest BCUT2D eigenvalue weighted by Gasteiger charge is -2.34. The molecule has 1 amide bonds. The molecule has 0 aliphatic carbocycles. The first-order valence-corrected chi connectivity index (χ1v) is 10.6. The van der Waals surface area contributed by atoms with Gasteiger partial charge in [-0.05, 0) is 42.5 Å². The second-order valence-electron chi connectivity index (χ2n) is 6.84. The van der Waals surface area contributed by atoms with Crippen LogP contribution in [0.15, 0.2) is 53.9 Å². The van der Waals surface area contributed by atoms with Gasteiger partial charge < -0.3 is 10.2 Å². The summed E-state index contributed by atoms with van der Waals surface area (Å²) in [5.41, 5.74) is 2.47. The Bertz CT molecular complexity index is 986. The maximum Gasteiger partial charge on any atom is 0.238 e. The molecule has 29 heavy (non-hydrogen) atoms. The van der Waals surface area contributed by atoms with Crippen LogP contribution >= 0.6 is 22.9 Å². The van der Waals surface area contributed by atoms with Gasteiger partial charge in [0.05, 0.1) is 12.2 Å². The van der Waals surface area contributed by atoms with E-state index in [1.54, 1.807) is 35.6 Å². The normalized spacial score (nSPS) is 14.8. The number of nitrogens with zero attached hydrogens (tertiary/aromatic N) is 3. The summed E-state index contributed by atoms with van der Waals surface area (Å²) in [7, 11) is 0. The van der Waals surface area contributed by atoms with Crippen LogP contribution in [-0.2, 0) is 4.79 Å². The van der Waals surface area contributed by atoms with Gasteiger partial charge in [0, 0.05) is 47.8 Å². The van der Waals surface area contributed by atoms with Gasteiger partial charge in [0.1, 0.15) is 5.82 Å². The highest BCUT2D eigenvalue weighted by atomic mass is 35.5. The van der Waals surface area contributed by atoms with Crippen molar-refractivity contribution in [2.24, 2.45) is 0 Å². The second-order valence-corrected chi connectivity index (χ2v) is 8.12. The van der Waals surface area contributed by atoms with Crippen molar-refractivity contribution >= 4 is 39.7 Å². The Balaban J connectivity index is 1.29. The van der Waals surface area contributed by atoms with Crippen molar-refractivity contribution in [1.29, 1.82) is 0 Å². The summed E-state index contributed by atoms with van der Waals surface area (Å²) in [6, 6.07) is 13.5.